The molecule has 0 fully saturated rings. The number of alkyl carbamates (subject to hydrolysis) is 2. The van der Waals surface area contributed by atoms with E-state index in [0.717, 1.165) is 16.7 Å². The van der Waals surface area contributed by atoms with Crippen molar-refractivity contribution in [2.24, 2.45) is 0 Å². The van der Waals surface area contributed by atoms with Crippen LogP contribution in [0, 0.1) is 11.3 Å². The first-order valence-electron chi connectivity index (χ1n) is 12.5. The lowest BCUT2D eigenvalue weighted by Gasteiger charge is -2.22. The Morgan fingerprint density at radius 1 is 0.821 bits per heavy atom. The Bertz CT molecular complexity index is 1240. The molecule has 0 saturated heterocycles. The van der Waals surface area contributed by atoms with Crippen LogP contribution in [0.5, 0.6) is 0 Å². The average molecular weight is 536 g/mol. The van der Waals surface area contributed by atoms with Crippen molar-refractivity contribution in [3.63, 3.8) is 0 Å². The highest BCUT2D eigenvalue weighted by molar-refractivity contribution is 5.69. The van der Waals surface area contributed by atoms with E-state index in [0.29, 0.717) is 11.4 Å². The number of ether oxygens (including phenoxy) is 2. The molecule has 0 aliphatic rings. The summed E-state index contributed by atoms with van der Waals surface area (Å²) in [7, 11) is 0. The normalized spacial score (nSPS) is 12.6. The van der Waals surface area contributed by atoms with E-state index in [2.05, 4.69) is 37.3 Å². The predicted octanol–water partition coefficient (Wildman–Crippen LogP) is 5.60. The maximum atomic E-state index is 11.7. The van der Waals surface area contributed by atoms with Gasteiger partial charge in [0.05, 0.1) is 23.7 Å². The summed E-state index contributed by atoms with van der Waals surface area (Å²) in [6.07, 6.45) is -0.878. The first kappa shape index (κ1) is 30.8. The minimum absolute atomic E-state index is 0.154. The largest absolute Gasteiger partial charge is 0.444 e. The van der Waals surface area contributed by atoms with Crippen LogP contribution in [-0.2, 0) is 9.47 Å². The molecule has 1 aromatic heterocycles. The molecule has 0 aliphatic carbocycles. The number of carbonyl (C=O) groups is 2. The molecule has 11 heteroatoms. The van der Waals surface area contributed by atoms with Crippen molar-refractivity contribution in [1.82, 2.24) is 31.3 Å². The molecule has 0 radical (unpaired) electrons. The number of nitrogens with one attached hydrogen (secondary N) is 3. The van der Waals surface area contributed by atoms with Crippen LogP contribution >= 0.6 is 0 Å². The Morgan fingerprint density at radius 3 is 1.62 bits per heavy atom. The molecule has 2 amide bonds. The number of benzene rings is 2. The molecule has 3 aromatic rings. The highest BCUT2D eigenvalue weighted by Gasteiger charge is 2.19. The fourth-order valence-electron chi connectivity index (χ4n) is 3.19. The SMILES string of the molecule is C[C@H](NC(=O)OC(C)(C)C)c1ccc(-c2nn[nH]n2)cc1.C[C@H](NC(=O)OC(C)(C)C)c1ccc(C#N)cc1. The summed E-state index contributed by atoms with van der Waals surface area (Å²) in [5.74, 6) is 0.536. The van der Waals surface area contributed by atoms with E-state index in [9.17, 15) is 9.59 Å². The van der Waals surface area contributed by atoms with Gasteiger partial charge in [-0.15, -0.1) is 10.2 Å². The average Bonchev–Trinajstić information content (AvgIpc) is 3.37. The quantitative estimate of drug-likeness (QED) is 0.381. The Kier molecular flexibility index (Phi) is 10.5. The summed E-state index contributed by atoms with van der Waals surface area (Å²) in [4.78, 5) is 23.3. The summed E-state index contributed by atoms with van der Waals surface area (Å²) in [5.41, 5.74) is 2.34. The van der Waals surface area contributed by atoms with E-state index in [1.807, 2.05) is 91.8 Å². The molecule has 11 nitrogen and oxygen atoms in total. The first-order valence-corrected chi connectivity index (χ1v) is 12.5. The Labute approximate surface area is 229 Å². The van der Waals surface area contributed by atoms with Crippen molar-refractivity contribution in [3.8, 4) is 17.5 Å². The number of rotatable bonds is 5. The smallest absolute Gasteiger partial charge is 0.408 e. The summed E-state index contributed by atoms with van der Waals surface area (Å²) in [6.45, 7) is 14.7. The molecule has 0 unspecified atom stereocenters. The second kappa shape index (κ2) is 13.4. The third-order valence-electron chi connectivity index (χ3n) is 5.02. The van der Waals surface area contributed by atoms with E-state index in [4.69, 9.17) is 14.7 Å². The maximum Gasteiger partial charge on any atom is 0.408 e. The number of H-pyrrole nitrogens is 1. The van der Waals surface area contributed by atoms with Crippen LogP contribution in [0.15, 0.2) is 48.5 Å². The van der Waals surface area contributed by atoms with Crippen molar-refractivity contribution in [2.45, 2.75) is 78.7 Å². The number of hydrogen-bond acceptors (Lipinski definition) is 8. The molecular formula is C28H37N7O4. The van der Waals surface area contributed by atoms with Gasteiger partial charge in [0.25, 0.3) is 0 Å². The molecule has 1 heterocycles. The van der Waals surface area contributed by atoms with Crippen molar-refractivity contribution >= 4 is 12.2 Å². The number of amides is 2. The van der Waals surface area contributed by atoms with Crippen molar-refractivity contribution in [1.29, 1.82) is 5.26 Å². The van der Waals surface area contributed by atoms with E-state index in [1.165, 1.54) is 0 Å². The highest BCUT2D eigenvalue weighted by atomic mass is 16.6. The van der Waals surface area contributed by atoms with Gasteiger partial charge in [0, 0.05) is 5.56 Å². The molecule has 208 valence electrons. The summed E-state index contributed by atoms with van der Waals surface area (Å²) < 4.78 is 10.4. The van der Waals surface area contributed by atoms with Crippen molar-refractivity contribution < 1.29 is 19.1 Å². The molecule has 0 spiro atoms. The minimum atomic E-state index is -0.508. The van der Waals surface area contributed by atoms with Crippen LogP contribution in [0.4, 0.5) is 9.59 Å². The van der Waals surface area contributed by atoms with E-state index < -0.39 is 23.4 Å². The number of tetrazole rings is 1. The monoisotopic (exact) mass is 535 g/mol. The van der Waals surface area contributed by atoms with E-state index >= 15 is 0 Å². The van der Waals surface area contributed by atoms with Gasteiger partial charge in [-0.25, -0.2) is 9.59 Å². The van der Waals surface area contributed by atoms with Crippen LogP contribution in [-0.4, -0.2) is 44.0 Å². The van der Waals surface area contributed by atoms with Crippen LogP contribution in [0.25, 0.3) is 11.4 Å². The third kappa shape index (κ3) is 11.2. The second-order valence-electron chi connectivity index (χ2n) is 10.8. The van der Waals surface area contributed by atoms with E-state index in [-0.39, 0.29) is 12.1 Å². The zero-order chi connectivity index (χ0) is 29.2. The molecule has 0 saturated carbocycles. The lowest BCUT2D eigenvalue weighted by Crippen LogP contribution is -2.34. The molecule has 3 rings (SSSR count). The van der Waals surface area contributed by atoms with Crippen molar-refractivity contribution in [3.05, 3.63) is 65.2 Å². The van der Waals surface area contributed by atoms with Gasteiger partial charge in [-0.05, 0) is 83.9 Å². The predicted molar refractivity (Wildman–Crippen MR) is 146 cm³/mol. The number of carbonyl (C=O) groups excluding carboxylic acids is 2. The van der Waals surface area contributed by atoms with Crippen molar-refractivity contribution in [2.75, 3.05) is 0 Å². The Morgan fingerprint density at radius 2 is 1.26 bits per heavy atom. The Balaban J connectivity index is 0.000000277. The van der Waals surface area contributed by atoms with Gasteiger partial charge in [0.2, 0.25) is 5.82 Å². The van der Waals surface area contributed by atoms with Gasteiger partial charge < -0.3 is 20.1 Å². The van der Waals surface area contributed by atoms with Gasteiger partial charge >= 0.3 is 12.2 Å². The number of nitriles is 1. The molecule has 39 heavy (non-hydrogen) atoms. The standard InChI is InChI=1S/C14H19N5O2.C14H18N2O2/c1-9(15-13(20)21-14(2,3)4)10-5-7-11(8-6-10)12-16-18-19-17-12;1-10(16-13(17)18-14(2,3)4)12-7-5-11(9-15)6-8-12/h5-9H,1-4H3,(H,15,20)(H,16,17,18,19);5-8,10H,1-4H3,(H,16,17)/t9-;10-/m00/s1. The first-order chi connectivity index (χ1) is 18.2. The van der Waals surface area contributed by atoms with Gasteiger partial charge in [-0.2, -0.15) is 10.5 Å². The zero-order valence-electron chi connectivity index (χ0n) is 23.7. The summed E-state index contributed by atoms with van der Waals surface area (Å²) in [6, 6.07) is 16.4. The van der Waals surface area contributed by atoms with Gasteiger partial charge in [0.15, 0.2) is 0 Å². The fraction of sp³-hybridized carbons (Fsp3) is 0.429. The van der Waals surface area contributed by atoms with E-state index in [1.54, 1.807) is 12.1 Å². The maximum absolute atomic E-state index is 11.7. The summed E-state index contributed by atoms with van der Waals surface area (Å²) in [5, 5.41) is 28.0. The van der Waals surface area contributed by atoms with Crippen LogP contribution in [0.1, 0.15) is 84.2 Å². The zero-order valence-corrected chi connectivity index (χ0v) is 23.7. The van der Waals surface area contributed by atoms with Crippen LogP contribution < -0.4 is 10.6 Å². The van der Waals surface area contributed by atoms with Gasteiger partial charge in [-0.1, -0.05) is 36.4 Å². The minimum Gasteiger partial charge on any atom is -0.444 e. The van der Waals surface area contributed by atoms with Gasteiger partial charge in [-0.3, -0.25) is 0 Å². The fourth-order valence-corrected chi connectivity index (χ4v) is 3.19. The topological polar surface area (TPSA) is 155 Å². The highest BCUT2D eigenvalue weighted by Crippen LogP contribution is 2.19. The molecule has 2 aromatic carbocycles. The molecule has 2 atom stereocenters. The Hall–Kier alpha value is -4.46. The van der Waals surface area contributed by atoms with Crippen LogP contribution in [0.2, 0.25) is 0 Å². The number of aromatic nitrogens is 4. The lowest BCUT2D eigenvalue weighted by atomic mass is 10.1. The number of nitrogens with zero attached hydrogens (tertiary/aromatic N) is 4. The second-order valence-corrected chi connectivity index (χ2v) is 10.8. The lowest BCUT2D eigenvalue weighted by molar-refractivity contribution is 0.0496. The molecule has 0 bridgehead atoms. The molecule has 0 aliphatic heterocycles. The number of aromatic amines is 1. The van der Waals surface area contributed by atoms with Gasteiger partial charge in [0.1, 0.15) is 11.2 Å². The molecule has 3 N–H and O–H groups in total. The van der Waals surface area contributed by atoms with Crippen LogP contribution in [0.3, 0.4) is 0 Å². The third-order valence-corrected chi connectivity index (χ3v) is 5.02. The number of hydrogen-bond donors (Lipinski definition) is 3. The molecular weight excluding hydrogens is 498 g/mol. The summed E-state index contributed by atoms with van der Waals surface area (Å²) >= 11 is 0.